The molecule has 18 heavy (non-hydrogen) atoms. The summed E-state index contributed by atoms with van der Waals surface area (Å²) in [5.41, 5.74) is 7.81. The highest BCUT2D eigenvalue weighted by Crippen LogP contribution is 2.32. The van der Waals surface area contributed by atoms with Gasteiger partial charge in [-0.15, -0.1) is 0 Å². The summed E-state index contributed by atoms with van der Waals surface area (Å²) in [7, 11) is 2.07. The Hall–Kier alpha value is -1.36. The highest BCUT2D eigenvalue weighted by Gasteiger charge is 2.23. The standard InChI is InChI=1S/C13H21N5/c1-9-11(8-14)18-13(15-9)17(2)12(16-18)10-6-4-3-5-7-10/h10H,3-8,14H2,1-2H3. The van der Waals surface area contributed by atoms with Crippen molar-refractivity contribution < 1.29 is 0 Å². The van der Waals surface area contributed by atoms with E-state index in [0.717, 1.165) is 17.2 Å². The van der Waals surface area contributed by atoms with Crippen molar-refractivity contribution in [2.75, 3.05) is 0 Å². The van der Waals surface area contributed by atoms with Crippen LogP contribution in [0.5, 0.6) is 0 Å². The highest BCUT2D eigenvalue weighted by atomic mass is 15.4. The van der Waals surface area contributed by atoms with Gasteiger partial charge in [0.25, 0.3) is 0 Å². The smallest absolute Gasteiger partial charge is 0.232 e. The Balaban J connectivity index is 2.08. The molecule has 0 unspecified atom stereocenters. The van der Waals surface area contributed by atoms with Gasteiger partial charge in [-0.2, -0.15) is 9.61 Å². The number of aromatic nitrogens is 4. The van der Waals surface area contributed by atoms with Gasteiger partial charge >= 0.3 is 0 Å². The molecule has 0 aromatic carbocycles. The molecule has 0 spiro atoms. The number of nitrogens with two attached hydrogens (primary N) is 1. The van der Waals surface area contributed by atoms with Gasteiger partial charge < -0.3 is 5.73 Å². The Bertz CT molecular complexity index is 559. The molecule has 0 saturated heterocycles. The zero-order valence-electron chi connectivity index (χ0n) is 11.2. The minimum absolute atomic E-state index is 0.494. The van der Waals surface area contributed by atoms with Crippen LogP contribution in [0.15, 0.2) is 0 Å². The van der Waals surface area contributed by atoms with Crippen LogP contribution in [0.2, 0.25) is 0 Å². The van der Waals surface area contributed by atoms with E-state index in [0.29, 0.717) is 12.5 Å². The van der Waals surface area contributed by atoms with E-state index in [2.05, 4.69) is 16.6 Å². The first-order chi connectivity index (χ1) is 8.72. The molecule has 2 N–H and O–H groups in total. The van der Waals surface area contributed by atoms with Crippen molar-refractivity contribution in [3.63, 3.8) is 0 Å². The first kappa shape index (κ1) is 11.7. The van der Waals surface area contributed by atoms with Gasteiger partial charge in [0.1, 0.15) is 5.82 Å². The van der Waals surface area contributed by atoms with E-state index in [1.54, 1.807) is 0 Å². The SMILES string of the molecule is Cc1nc2n(C)c(C3CCCCC3)nn2c1CN. The van der Waals surface area contributed by atoms with E-state index in [-0.39, 0.29) is 0 Å². The van der Waals surface area contributed by atoms with Crippen LogP contribution in [-0.2, 0) is 13.6 Å². The second kappa shape index (κ2) is 4.39. The molecule has 0 atom stereocenters. The van der Waals surface area contributed by atoms with Crippen LogP contribution in [0.4, 0.5) is 0 Å². The molecule has 1 aliphatic carbocycles. The van der Waals surface area contributed by atoms with Crippen molar-refractivity contribution in [1.82, 2.24) is 19.2 Å². The summed E-state index contributed by atoms with van der Waals surface area (Å²) in [6.45, 7) is 2.49. The fraction of sp³-hybridized carbons (Fsp3) is 0.692. The molecule has 2 aromatic heterocycles. The predicted molar refractivity (Wildman–Crippen MR) is 70.4 cm³/mol. The van der Waals surface area contributed by atoms with E-state index in [9.17, 15) is 0 Å². The zero-order valence-corrected chi connectivity index (χ0v) is 11.2. The molecule has 0 aliphatic heterocycles. The summed E-state index contributed by atoms with van der Waals surface area (Å²) in [6, 6.07) is 0. The van der Waals surface area contributed by atoms with Crippen LogP contribution in [0.3, 0.4) is 0 Å². The van der Waals surface area contributed by atoms with Crippen molar-refractivity contribution in [3.8, 4) is 0 Å². The summed E-state index contributed by atoms with van der Waals surface area (Å²) >= 11 is 0. The molecular formula is C13H21N5. The van der Waals surface area contributed by atoms with Crippen LogP contribution < -0.4 is 5.73 Å². The third-order valence-corrected chi connectivity index (χ3v) is 4.14. The maximum absolute atomic E-state index is 5.79. The monoisotopic (exact) mass is 247 g/mol. The lowest BCUT2D eigenvalue weighted by Gasteiger charge is -2.20. The summed E-state index contributed by atoms with van der Waals surface area (Å²) in [4.78, 5) is 4.58. The molecule has 0 bridgehead atoms. The Morgan fingerprint density at radius 3 is 2.67 bits per heavy atom. The van der Waals surface area contributed by atoms with Crippen LogP contribution in [0, 0.1) is 6.92 Å². The lowest BCUT2D eigenvalue weighted by molar-refractivity contribution is 0.420. The quantitative estimate of drug-likeness (QED) is 0.881. The second-order valence-corrected chi connectivity index (χ2v) is 5.31. The minimum atomic E-state index is 0.494. The molecular weight excluding hydrogens is 226 g/mol. The molecule has 3 rings (SSSR count). The van der Waals surface area contributed by atoms with Crippen LogP contribution >= 0.6 is 0 Å². The maximum Gasteiger partial charge on any atom is 0.232 e. The van der Waals surface area contributed by atoms with Crippen LogP contribution in [0.1, 0.15) is 55.2 Å². The van der Waals surface area contributed by atoms with Gasteiger partial charge in [0.05, 0.1) is 11.4 Å². The average Bonchev–Trinajstić information content (AvgIpc) is 2.87. The molecule has 1 aliphatic rings. The van der Waals surface area contributed by atoms with E-state index < -0.39 is 0 Å². The average molecular weight is 247 g/mol. The third-order valence-electron chi connectivity index (χ3n) is 4.14. The Kier molecular flexibility index (Phi) is 2.86. The summed E-state index contributed by atoms with van der Waals surface area (Å²) in [5.74, 6) is 2.69. The van der Waals surface area contributed by atoms with Crippen molar-refractivity contribution in [2.24, 2.45) is 12.8 Å². The van der Waals surface area contributed by atoms with Gasteiger partial charge in [0.15, 0.2) is 0 Å². The molecule has 0 radical (unpaired) electrons. The van der Waals surface area contributed by atoms with E-state index in [4.69, 9.17) is 10.8 Å². The first-order valence-electron chi connectivity index (χ1n) is 6.83. The van der Waals surface area contributed by atoms with E-state index in [1.165, 1.54) is 37.9 Å². The van der Waals surface area contributed by atoms with Crippen LogP contribution in [-0.4, -0.2) is 19.2 Å². The lowest BCUT2D eigenvalue weighted by Crippen LogP contribution is -2.11. The molecule has 1 saturated carbocycles. The van der Waals surface area contributed by atoms with Crippen molar-refractivity contribution in [2.45, 2.75) is 51.5 Å². The molecule has 98 valence electrons. The summed E-state index contributed by atoms with van der Waals surface area (Å²) < 4.78 is 4.07. The molecule has 5 nitrogen and oxygen atoms in total. The topological polar surface area (TPSA) is 61.1 Å². The van der Waals surface area contributed by atoms with Crippen LogP contribution in [0.25, 0.3) is 5.78 Å². The molecule has 0 amide bonds. The molecule has 1 fully saturated rings. The van der Waals surface area contributed by atoms with E-state index >= 15 is 0 Å². The molecule has 2 heterocycles. The third kappa shape index (κ3) is 1.65. The lowest BCUT2D eigenvalue weighted by atomic mass is 9.89. The molecule has 5 heteroatoms. The Labute approximate surface area is 107 Å². The first-order valence-corrected chi connectivity index (χ1v) is 6.83. The Morgan fingerprint density at radius 2 is 2.00 bits per heavy atom. The van der Waals surface area contributed by atoms with Gasteiger partial charge in [-0.1, -0.05) is 19.3 Å². The fourth-order valence-electron chi connectivity index (χ4n) is 3.08. The van der Waals surface area contributed by atoms with Crippen molar-refractivity contribution >= 4 is 5.78 Å². The number of nitrogens with zero attached hydrogens (tertiary/aromatic N) is 4. The highest BCUT2D eigenvalue weighted by molar-refractivity contribution is 5.36. The van der Waals surface area contributed by atoms with Gasteiger partial charge in [-0.3, -0.25) is 4.57 Å². The van der Waals surface area contributed by atoms with E-state index in [1.807, 2.05) is 11.4 Å². The number of hydrogen-bond donors (Lipinski definition) is 1. The van der Waals surface area contributed by atoms with Gasteiger partial charge in [0, 0.05) is 19.5 Å². The van der Waals surface area contributed by atoms with Gasteiger partial charge in [-0.05, 0) is 19.8 Å². The van der Waals surface area contributed by atoms with Gasteiger partial charge in [-0.25, -0.2) is 4.98 Å². The number of imidazole rings is 1. The summed E-state index contributed by atoms with van der Waals surface area (Å²) in [5, 5.41) is 4.76. The number of hydrogen-bond acceptors (Lipinski definition) is 3. The fourth-order valence-corrected chi connectivity index (χ4v) is 3.08. The van der Waals surface area contributed by atoms with Crippen molar-refractivity contribution in [1.29, 1.82) is 0 Å². The number of fused-ring (bicyclic) bond motifs is 1. The zero-order chi connectivity index (χ0) is 12.7. The number of rotatable bonds is 2. The van der Waals surface area contributed by atoms with Crippen molar-refractivity contribution in [3.05, 3.63) is 17.2 Å². The normalized spacial score (nSPS) is 17.7. The number of aryl methyl sites for hydroxylation is 2. The minimum Gasteiger partial charge on any atom is -0.325 e. The second-order valence-electron chi connectivity index (χ2n) is 5.31. The predicted octanol–water partition coefficient (Wildman–Crippen LogP) is 1.88. The molecule has 2 aromatic rings. The van der Waals surface area contributed by atoms with Gasteiger partial charge in [0.2, 0.25) is 5.78 Å². The maximum atomic E-state index is 5.79. The summed E-state index contributed by atoms with van der Waals surface area (Å²) in [6.07, 6.45) is 6.52. The Morgan fingerprint density at radius 1 is 1.28 bits per heavy atom. The largest absolute Gasteiger partial charge is 0.325 e.